The Morgan fingerprint density at radius 2 is 1.76 bits per heavy atom. The molecule has 33 heavy (non-hydrogen) atoms. The number of hydrogen-bond acceptors (Lipinski definition) is 3. The zero-order valence-corrected chi connectivity index (χ0v) is 20.9. The number of carbonyl (C=O) groups is 2. The van der Waals surface area contributed by atoms with Crippen molar-refractivity contribution in [3.8, 4) is 5.69 Å². The third-order valence-corrected chi connectivity index (χ3v) is 5.65. The van der Waals surface area contributed by atoms with Crippen molar-refractivity contribution in [2.45, 2.75) is 46.1 Å². The molecular weight excluding hydrogens is 459 g/mol. The van der Waals surface area contributed by atoms with Gasteiger partial charge in [-0.15, -0.1) is 0 Å². The molecular formula is C25H28Cl2N4O2. The molecule has 0 aliphatic heterocycles. The summed E-state index contributed by atoms with van der Waals surface area (Å²) in [5.74, 6) is -0.123. The second-order valence-electron chi connectivity index (χ2n) is 9.11. The summed E-state index contributed by atoms with van der Waals surface area (Å²) in [5, 5.41) is 8.59. The molecule has 0 aliphatic carbocycles. The second-order valence-corrected chi connectivity index (χ2v) is 9.96. The number of amides is 2. The summed E-state index contributed by atoms with van der Waals surface area (Å²) in [6, 6.07) is 15.6. The third-order valence-electron chi connectivity index (χ3n) is 5.10. The maximum atomic E-state index is 13.1. The van der Waals surface area contributed by atoms with Gasteiger partial charge >= 0.3 is 0 Å². The minimum absolute atomic E-state index is 0.123. The monoisotopic (exact) mass is 486 g/mol. The molecule has 1 heterocycles. The Labute approximate surface area is 204 Å². The number of nitrogens with one attached hydrogen (secondary N) is 1. The van der Waals surface area contributed by atoms with Crippen LogP contribution in [-0.2, 0) is 10.2 Å². The van der Waals surface area contributed by atoms with Gasteiger partial charge in [-0.05, 0) is 44.2 Å². The number of rotatable bonds is 6. The minimum Gasteiger partial charge on any atom is -0.327 e. The fourth-order valence-corrected chi connectivity index (χ4v) is 3.66. The Balaban J connectivity index is 1.89. The van der Waals surface area contributed by atoms with E-state index >= 15 is 0 Å². The lowest BCUT2D eigenvalue weighted by Gasteiger charge is -2.26. The van der Waals surface area contributed by atoms with Crippen molar-refractivity contribution in [3.63, 3.8) is 0 Å². The molecule has 1 N–H and O–H groups in total. The fourth-order valence-electron chi connectivity index (χ4n) is 3.26. The highest BCUT2D eigenvalue weighted by atomic mass is 35.5. The maximum absolute atomic E-state index is 13.1. The summed E-state index contributed by atoms with van der Waals surface area (Å²) in [6.07, 6.45) is 0. The Kier molecular flexibility index (Phi) is 7.50. The first kappa shape index (κ1) is 24.8. The van der Waals surface area contributed by atoms with Crippen molar-refractivity contribution in [2.75, 3.05) is 11.9 Å². The predicted molar refractivity (Wildman–Crippen MR) is 134 cm³/mol. The average Bonchev–Trinajstić information content (AvgIpc) is 3.15. The molecule has 0 saturated carbocycles. The first-order chi connectivity index (χ1) is 15.5. The van der Waals surface area contributed by atoms with Crippen LogP contribution in [0.5, 0.6) is 0 Å². The zero-order chi connectivity index (χ0) is 24.3. The number of halogens is 2. The largest absolute Gasteiger partial charge is 0.327 e. The van der Waals surface area contributed by atoms with Crippen LogP contribution in [0.1, 0.15) is 50.7 Å². The highest BCUT2D eigenvalue weighted by molar-refractivity contribution is 6.32. The molecule has 0 bridgehead atoms. The smallest absolute Gasteiger partial charge is 0.254 e. The maximum Gasteiger partial charge on any atom is 0.254 e. The van der Waals surface area contributed by atoms with E-state index in [9.17, 15) is 9.59 Å². The van der Waals surface area contributed by atoms with Gasteiger partial charge in [-0.1, -0.05) is 62.2 Å². The van der Waals surface area contributed by atoms with Crippen molar-refractivity contribution < 1.29 is 9.59 Å². The van der Waals surface area contributed by atoms with E-state index in [1.165, 1.54) is 4.90 Å². The van der Waals surface area contributed by atoms with Gasteiger partial charge in [0.05, 0.1) is 16.4 Å². The highest BCUT2D eigenvalue weighted by Crippen LogP contribution is 2.29. The van der Waals surface area contributed by atoms with Crippen LogP contribution in [0, 0.1) is 0 Å². The van der Waals surface area contributed by atoms with Crippen molar-refractivity contribution in [2.24, 2.45) is 0 Å². The number of anilines is 1. The van der Waals surface area contributed by atoms with Gasteiger partial charge in [0.25, 0.3) is 5.91 Å². The van der Waals surface area contributed by atoms with Crippen LogP contribution in [0.2, 0.25) is 10.0 Å². The number of carbonyl (C=O) groups excluding carboxylic acids is 2. The van der Waals surface area contributed by atoms with Crippen molar-refractivity contribution in [1.82, 2.24) is 14.7 Å². The van der Waals surface area contributed by atoms with Crippen LogP contribution in [0.15, 0.2) is 54.6 Å². The molecule has 3 rings (SSSR count). The first-order valence-electron chi connectivity index (χ1n) is 10.7. The number of benzene rings is 2. The summed E-state index contributed by atoms with van der Waals surface area (Å²) in [6.45, 7) is 9.73. The Bertz CT molecular complexity index is 1170. The molecule has 174 valence electrons. The van der Waals surface area contributed by atoms with Gasteiger partial charge in [-0.3, -0.25) is 9.59 Å². The summed E-state index contributed by atoms with van der Waals surface area (Å²) >= 11 is 12.4. The third kappa shape index (κ3) is 5.95. The van der Waals surface area contributed by atoms with E-state index < -0.39 is 0 Å². The average molecular weight is 487 g/mol. The van der Waals surface area contributed by atoms with Crippen LogP contribution >= 0.6 is 23.2 Å². The van der Waals surface area contributed by atoms with Crippen molar-refractivity contribution in [1.29, 1.82) is 0 Å². The summed E-state index contributed by atoms with van der Waals surface area (Å²) in [7, 11) is 0. The van der Waals surface area contributed by atoms with E-state index in [0.29, 0.717) is 27.1 Å². The first-order valence-corrected chi connectivity index (χ1v) is 11.4. The van der Waals surface area contributed by atoms with E-state index in [-0.39, 0.29) is 29.8 Å². The Hall–Kier alpha value is -2.83. The number of hydrogen-bond donors (Lipinski definition) is 1. The van der Waals surface area contributed by atoms with Crippen LogP contribution in [0.3, 0.4) is 0 Å². The molecule has 0 spiro atoms. The van der Waals surface area contributed by atoms with Crippen LogP contribution in [0.25, 0.3) is 5.69 Å². The molecule has 0 saturated heterocycles. The lowest BCUT2D eigenvalue weighted by molar-refractivity contribution is -0.117. The van der Waals surface area contributed by atoms with Gasteiger partial charge in [0.15, 0.2) is 0 Å². The quantitative estimate of drug-likeness (QED) is 0.466. The van der Waals surface area contributed by atoms with Gasteiger partial charge in [0, 0.05) is 28.1 Å². The topological polar surface area (TPSA) is 67.2 Å². The molecule has 3 aromatic rings. The molecule has 0 radical (unpaired) electrons. The van der Waals surface area contributed by atoms with Crippen LogP contribution in [0.4, 0.5) is 5.82 Å². The molecule has 0 unspecified atom stereocenters. The lowest BCUT2D eigenvalue weighted by Crippen LogP contribution is -2.42. The van der Waals surface area contributed by atoms with Crippen LogP contribution < -0.4 is 5.32 Å². The Morgan fingerprint density at radius 1 is 1.06 bits per heavy atom. The van der Waals surface area contributed by atoms with Gasteiger partial charge in [-0.25, -0.2) is 4.68 Å². The molecule has 6 nitrogen and oxygen atoms in total. The number of para-hydroxylation sites is 1. The molecule has 0 aliphatic rings. The molecule has 0 fully saturated rings. The van der Waals surface area contributed by atoms with Gasteiger partial charge in [-0.2, -0.15) is 5.10 Å². The van der Waals surface area contributed by atoms with Gasteiger partial charge < -0.3 is 10.2 Å². The molecule has 8 heteroatoms. The molecule has 2 amide bonds. The van der Waals surface area contributed by atoms with Gasteiger partial charge in [0.1, 0.15) is 12.4 Å². The van der Waals surface area contributed by atoms with E-state index in [0.717, 1.165) is 5.69 Å². The normalized spacial score (nSPS) is 11.5. The highest BCUT2D eigenvalue weighted by Gasteiger charge is 2.25. The second kappa shape index (κ2) is 9.98. The van der Waals surface area contributed by atoms with E-state index in [1.807, 2.05) is 58.9 Å². The van der Waals surface area contributed by atoms with E-state index in [4.69, 9.17) is 28.3 Å². The summed E-state index contributed by atoms with van der Waals surface area (Å²) < 4.78 is 1.62. The molecule has 2 aromatic carbocycles. The van der Waals surface area contributed by atoms with Gasteiger partial charge in [0.2, 0.25) is 5.91 Å². The Morgan fingerprint density at radius 3 is 2.36 bits per heavy atom. The zero-order valence-electron chi connectivity index (χ0n) is 19.4. The van der Waals surface area contributed by atoms with Crippen molar-refractivity contribution in [3.05, 3.63) is 75.9 Å². The molecule has 1 aromatic heterocycles. The molecule has 0 atom stereocenters. The number of nitrogens with zero attached hydrogens (tertiary/aromatic N) is 3. The van der Waals surface area contributed by atoms with E-state index in [1.54, 1.807) is 35.0 Å². The fraction of sp³-hybridized carbons (Fsp3) is 0.320. The predicted octanol–water partition coefficient (Wildman–Crippen LogP) is 5.97. The number of aromatic nitrogens is 2. The lowest BCUT2D eigenvalue weighted by atomic mass is 9.92. The summed E-state index contributed by atoms with van der Waals surface area (Å²) in [4.78, 5) is 27.6. The minimum atomic E-state index is -0.340. The van der Waals surface area contributed by atoms with Crippen molar-refractivity contribution >= 4 is 40.8 Å². The van der Waals surface area contributed by atoms with Crippen LogP contribution in [-0.4, -0.2) is 39.1 Å². The van der Waals surface area contributed by atoms with E-state index in [2.05, 4.69) is 5.32 Å². The summed E-state index contributed by atoms with van der Waals surface area (Å²) in [5.41, 5.74) is 1.65. The standard InChI is InChI=1S/C25H28Cl2N4O2/c1-16(2)30(24(33)17-9-8-10-18(26)13-17)15-23(32)28-22-14-21(25(3,4)5)29-31(22)20-12-7-6-11-19(20)27/h6-14,16H,15H2,1-5H3,(H,28,32). The SMILES string of the molecule is CC(C)N(CC(=O)Nc1cc(C(C)(C)C)nn1-c1ccccc1Cl)C(=O)c1cccc(Cl)c1.